The number of thiazole rings is 1. The summed E-state index contributed by atoms with van der Waals surface area (Å²) < 4.78 is 31.2. The molecule has 2 saturated heterocycles. The molecule has 0 spiro atoms. The van der Waals surface area contributed by atoms with Crippen LogP contribution in [0.15, 0.2) is 28.7 Å². The predicted octanol–water partition coefficient (Wildman–Crippen LogP) is 2.40. The summed E-state index contributed by atoms with van der Waals surface area (Å²) >= 11 is 0.994. The molecule has 3 aromatic rings. The number of nitrogens with two attached hydrogens (primary N) is 1. The zero-order chi connectivity index (χ0) is 26.2. The van der Waals surface area contributed by atoms with Gasteiger partial charge >= 0.3 is 0 Å². The standard InChI is InChI=1S/C24H33N7O4S2/c1-16(2)22(23(32)30-11-7-18(8-12-30)29-9-3-4-10-29)31-14-17(27-28-31)15-35-19-5-6-20-21(13-19)36-24(26-20)37(25,33)34/h5-6,13-14,16,18,22H,3-4,7-12,15H2,1-2H3,(H2,25,33,34)/t22-/m0/s1. The van der Waals surface area contributed by atoms with Gasteiger partial charge in [-0.05, 0) is 62.9 Å². The first-order chi connectivity index (χ1) is 17.7. The molecule has 1 aromatic carbocycles. The quantitative estimate of drug-likeness (QED) is 0.454. The van der Waals surface area contributed by atoms with Crippen molar-refractivity contribution >= 4 is 37.5 Å². The SMILES string of the molecule is CC(C)[C@@H](C(=O)N1CCC(N2CCCC2)CC1)n1cc(COc2ccc3nc(S(N)(=O)=O)sc3c2)nn1. The van der Waals surface area contributed by atoms with Crippen LogP contribution in [0.25, 0.3) is 10.2 Å². The number of nitrogens with zero attached hydrogens (tertiary/aromatic N) is 6. The molecule has 2 aliphatic rings. The summed E-state index contributed by atoms with van der Waals surface area (Å²) in [6.07, 6.45) is 6.38. The number of primary sulfonamides is 1. The maximum Gasteiger partial charge on any atom is 0.265 e. The van der Waals surface area contributed by atoms with E-state index in [9.17, 15) is 13.2 Å². The van der Waals surface area contributed by atoms with Gasteiger partial charge in [0.25, 0.3) is 10.0 Å². The van der Waals surface area contributed by atoms with Crippen molar-refractivity contribution in [1.82, 2.24) is 29.8 Å². The number of sulfonamides is 1. The van der Waals surface area contributed by atoms with E-state index >= 15 is 0 Å². The Labute approximate surface area is 220 Å². The summed E-state index contributed by atoms with van der Waals surface area (Å²) in [6.45, 7) is 8.14. The van der Waals surface area contributed by atoms with Gasteiger partial charge in [-0.2, -0.15) is 0 Å². The molecule has 11 nitrogen and oxygen atoms in total. The highest BCUT2D eigenvalue weighted by molar-refractivity contribution is 7.91. The largest absolute Gasteiger partial charge is 0.487 e. The van der Waals surface area contributed by atoms with Crippen molar-refractivity contribution in [2.45, 2.75) is 62.6 Å². The van der Waals surface area contributed by atoms with E-state index in [2.05, 4.69) is 20.2 Å². The monoisotopic (exact) mass is 547 g/mol. The molecule has 2 fully saturated rings. The fraction of sp³-hybridized carbons (Fsp3) is 0.583. The molecule has 5 rings (SSSR count). The first-order valence-corrected chi connectivity index (χ1v) is 15.0. The van der Waals surface area contributed by atoms with E-state index in [0.717, 1.165) is 37.3 Å². The molecule has 37 heavy (non-hydrogen) atoms. The molecule has 0 saturated carbocycles. The Bertz CT molecular complexity index is 1360. The fourth-order valence-corrected chi connectivity index (χ4v) is 6.90. The number of piperidine rings is 1. The fourth-order valence-electron chi connectivity index (χ4n) is 5.22. The van der Waals surface area contributed by atoms with Crippen molar-refractivity contribution in [3.8, 4) is 5.75 Å². The molecule has 0 radical (unpaired) electrons. The Morgan fingerprint density at radius 3 is 2.59 bits per heavy atom. The predicted molar refractivity (Wildman–Crippen MR) is 140 cm³/mol. The summed E-state index contributed by atoms with van der Waals surface area (Å²) in [7, 11) is -3.86. The van der Waals surface area contributed by atoms with E-state index in [1.165, 1.54) is 25.9 Å². The van der Waals surface area contributed by atoms with Gasteiger partial charge in [0.05, 0.1) is 16.4 Å². The third kappa shape index (κ3) is 5.79. The first-order valence-electron chi connectivity index (χ1n) is 12.7. The lowest BCUT2D eigenvalue weighted by Gasteiger charge is -2.38. The lowest BCUT2D eigenvalue weighted by molar-refractivity contribution is -0.138. The number of benzene rings is 1. The van der Waals surface area contributed by atoms with Crippen LogP contribution in [0.4, 0.5) is 0 Å². The van der Waals surface area contributed by atoms with Crippen LogP contribution in [-0.4, -0.2) is 76.3 Å². The first kappa shape index (κ1) is 26.0. The molecule has 1 atom stereocenters. The molecule has 4 heterocycles. The van der Waals surface area contributed by atoms with E-state index in [0.29, 0.717) is 27.7 Å². The van der Waals surface area contributed by atoms with Gasteiger partial charge in [-0.15, -0.1) is 16.4 Å². The van der Waals surface area contributed by atoms with Crippen LogP contribution in [0.2, 0.25) is 0 Å². The number of likely N-dealkylation sites (tertiary alicyclic amines) is 2. The average Bonchev–Trinajstić information content (AvgIpc) is 3.63. The molecular weight excluding hydrogens is 514 g/mol. The van der Waals surface area contributed by atoms with Crippen LogP contribution in [0.1, 0.15) is 51.3 Å². The number of fused-ring (bicyclic) bond motifs is 1. The molecule has 2 aliphatic heterocycles. The number of ether oxygens (including phenoxy) is 1. The summed E-state index contributed by atoms with van der Waals surface area (Å²) in [5.41, 5.74) is 1.14. The van der Waals surface area contributed by atoms with E-state index in [-0.39, 0.29) is 22.8 Å². The third-order valence-corrected chi connectivity index (χ3v) is 9.47. The van der Waals surface area contributed by atoms with Gasteiger partial charge in [0.15, 0.2) is 0 Å². The van der Waals surface area contributed by atoms with Gasteiger partial charge in [-0.25, -0.2) is 23.2 Å². The van der Waals surface area contributed by atoms with Gasteiger partial charge < -0.3 is 14.5 Å². The molecule has 0 bridgehead atoms. The number of aromatic nitrogens is 4. The van der Waals surface area contributed by atoms with Gasteiger partial charge in [-0.3, -0.25) is 4.79 Å². The van der Waals surface area contributed by atoms with Gasteiger partial charge in [0.1, 0.15) is 24.1 Å². The van der Waals surface area contributed by atoms with E-state index in [4.69, 9.17) is 9.88 Å². The van der Waals surface area contributed by atoms with Gasteiger partial charge in [0.2, 0.25) is 10.2 Å². The minimum atomic E-state index is -3.86. The molecule has 200 valence electrons. The second-order valence-corrected chi connectivity index (χ2v) is 12.9. The number of carbonyl (C=O) groups is 1. The minimum Gasteiger partial charge on any atom is -0.487 e. The zero-order valence-corrected chi connectivity index (χ0v) is 22.7. The van der Waals surface area contributed by atoms with Crippen LogP contribution in [0.3, 0.4) is 0 Å². The van der Waals surface area contributed by atoms with Gasteiger partial charge in [0, 0.05) is 19.1 Å². The topological polar surface area (TPSA) is 137 Å². The Balaban J connectivity index is 1.22. The second kappa shape index (κ2) is 10.6. The second-order valence-electron chi connectivity index (χ2n) is 10.1. The summed E-state index contributed by atoms with van der Waals surface area (Å²) in [5, 5.41) is 13.7. The van der Waals surface area contributed by atoms with E-state index in [1.807, 2.05) is 18.7 Å². The summed E-state index contributed by atoms with van der Waals surface area (Å²) in [6, 6.07) is 5.29. The van der Waals surface area contributed by atoms with Crippen molar-refractivity contribution in [2.75, 3.05) is 26.2 Å². The van der Waals surface area contributed by atoms with Crippen LogP contribution in [-0.2, 0) is 21.4 Å². The lowest BCUT2D eigenvalue weighted by Crippen LogP contribution is -2.48. The molecule has 1 amide bonds. The van der Waals surface area contributed by atoms with E-state index < -0.39 is 16.1 Å². The Morgan fingerprint density at radius 2 is 1.92 bits per heavy atom. The van der Waals surface area contributed by atoms with Crippen molar-refractivity contribution in [3.63, 3.8) is 0 Å². The highest BCUT2D eigenvalue weighted by Crippen LogP contribution is 2.29. The smallest absolute Gasteiger partial charge is 0.265 e. The highest BCUT2D eigenvalue weighted by Gasteiger charge is 2.34. The number of rotatable bonds is 8. The van der Waals surface area contributed by atoms with Crippen molar-refractivity contribution in [3.05, 3.63) is 30.1 Å². The lowest BCUT2D eigenvalue weighted by atomic mass is 9.99. The highest BCUT2D eigenvalue weighted by atomic mass is 32.2. The molecular formula is C24H33N7O4S2. The molecule has 2 aromatic heterocycles. The Hall–Kier alpha value is -2.61. The molecule has 13 heteroatoms. The van der Waals surface area contributed by atoms with E-state index in [1.54, 1.807) is 29.1 Å². The third-order valence-electron chi connectivity index (χ3n) is 7.13. The number of hydrogen-bond acceptors (Lipinski definition) is 9. The maximum absolute atomic E-state index is 13.5. The number of hydrogen-bond donors (Lipinski definition) is 1. The zero-order valence-electron chi connectivity index (χ0n) is 21.1. The average molecular weight is 548 g/mol. The minimum absolute atomic E-state index is 0.0565. The van der Waals surface area contributed by atoms with Crippen molar-refractivity contribution in [1.29, 1.82) is 0 Å². The molecule has 2 N–H and O–H groups in total. The Morgan fingerprint density at radius 1 is 1.19 bits per heavy atom. The normalized spacial score (nSPS) is 18.6. The summed E-state index contributed by atoms with van der Waals surface area (Å²) in [5.74, 6) is 0.693. The van der Waals surface area contributed by atoms with Gasteiger partial charge in [-0.1, -0.05) is 19.1 Å². The van der Waals surface area contributed by atoms with Crippen LogP contribution >= 0.6 is 11.3 Å². The number of amides is 1. The van der Waals surface area contributed by atoms with Crippen LogP contribution in [0.5, 0.6) is 5.75 Å². The molecule has 0 unspecified atom stereocenters. The molecule has 0 aliphatic carbocycles. The van der Waals surface area contributed by atoms with Crippen LogP contribution < -0.4 is 9.88 Å². The number of carbonyl (C=O) groups excluding carboxylic acids is 1. The Kier molecular flexibility index (Phi) is 7.48. The summed E-state index contributed by atoms with van der Waals surface area (Å²) in [4.78, 5) is 22.1. The van der Waals surface area contributed by atoms with Crippen molar-refractivity contribution in [2.24, 2.45) is 11.1 Å². The van der Waals surface area contributed by atoms with Crippen molar-refractivity contribution < 1.29 is 17.9 Å². The van der Waals surface area contributed by atoms with Crippen LogP contribution in [0, 0.1) is 5.92 Å². The maximum atomic E-state index is 13.5.